The number of carbonyl (C=O) groups is 1. The quantitative estimate of drug-likeness (QED) is 0.914. The van der Waals surface area contributed by atoms with E-state index >= 15 is 0 Å². The third-order valence-electron chi connectivity index (χ3n) is 3.21. The normalized spacial score (nSPS) is 10.8. The van der Waals surface area contributed by atoms with Gasteiger partial charge in [0.25, 0.3) is 0 Å². The van der Waals surface area contributed by atoms with Crippen molar-refractivity contribution in [2.75, 3.05) is 18.9 Å². The molecule has 3 nitrogen and oxygen atoms in total. The van der Waals surface area contributed by atoms with Crippen LogP contribution in [0.2, 0.25) is 0 Å². The van der Waals surface area contributed by atoms with Gasteiger partial charge in [-0.1, -0.05) is 12.1 Å². The van der Waals surface area contributed by atoms with Crippen LogP contribution in [0.25, 0.3) is 0 Å². The van der Waals surface area contributed by atoms with Crippen LogP contribution in [0.3, 0.4) is 0 Å². The molecule has 0 radical (unpaired) electrons. The Balaban J connectivity index is 1.87. The average Bonchev–Trinajstić information content (AvgIpc) is 2.86. The van der Waals surface area contributed by atoms with Crippen LogP contribution in [0.15, 0.2) is 35.7 Å². The van der Waals surface area contributed by atoms with E-state index in [9.17, 15) is 4.79 Å². The van der Waals surface area contributed by atoms with Crippen LogP contribution in [0.5, 0.6) is 0 Å². The second-order valence-electron chi connectivity index (χ2n) is 5.10. The summed E-state index contributed by atoms with van der Waals surface area (Å²) in [6.45, 7) is 5.31. The minimum atomic E-state index is 0.0207. The lowest BCUT2D eigenvalue weighted by molar-refractivity contribution is -0.117. The summed E-state index contributed by atoms with van der Waals surface area (Å²) in [6, 6.07) is 10.1. The van der Waals surface area contributed by atoms with Gasteiger partial charge in [0.05, 0.1) is 6.54 Å². The Hall–Kier alpha value is -1.65. The van der Waals surface area contributed by atoms with E-state index in [2.05, 4.69) is 23.7 Å². The van der Waals surface area contributed by atoms with E-state index in [1.807, 2.05) is 43.1 Å². The number of nitrogens with one attached hydrogen (secondary N) is 1. The number of anilines is 1. The Morgan fingerprint density at radius 2 is 2.05 bits per heavy atom. The van der Waals surface area contributed by atoms with Crippen LogP contribution in [0, 0.1) is 13.8 Å². The summed E-state index contributed by atoms with van der Waals surface area (Å²) in [7, 11) is 1.96. The van der Waals surface area contributed by atoms with Gasteiger partial charge < -0.3 is 5.32 Å². The molecule has 0 spiro atoms. The van der Waals surface area contributed by atoms with Crippen molar-refractivity contribution in [3.05, 3.63) is 51.7 Å². The highest BCUT2D eigenvalue weighted by atomic mass is 32.1. The molecule has 0 atom stereocenters. The summed E-state index contributed by atoms with van der Waals surface area (Å²) < 4.78 is 0. The molecule has 0 saturated heterocycles. The summed E-state index contributed by atoms with van der Waals surface area (Å²) in [4.78, 5) is 15.3. The molecule has 1 N–H and O–H groups in total. The number of amides is 1. The van der Waals surface area contributed by atoms with Gasteiger partial charge in [-0.2, -0.15) is 0 Å². The molecule has 2 rings (SSSR count). The Morgan fingerprint density at radius 1 is 1.25 bits per heavy atom. The first-order chi connectivity index (χ1) is 9.54. The molecule has 0 aliphatic carbocycles. The first kappa shape index (κ1) is 14.8. The minimum absolute atomic E-state index is 0.0207. The van der Waals surface area contributed by atoms with Crippen molar-refractivity contribution in [3.8, 4) is 0 Å². The van der Waals surface area contributed by atoms with E-state index in [-0.39, 0.29) is 5.91 Å². The summed E-state index contributed by atoms with van der Waals surface area (Å²) in [6.07, 6.45) is 0. The monoisotopic (exact) mass is 288 g/mol. The van der Waals surface area contributed by atoms with Crippen molar-refractivity contribution in [1.29, 1.82) is 0 Å². The molecule has 1 heterocycles. The first-order valence-electron chi connectivity index (χ1n) is 6.62. The van der Waals surface area contributed by atoms with Gasteiger partial charge in [0.1, 0.15) is 0 Å². The Kier molecular flexibility index (Phi) is 4.93. The second kappa shape index (κ2) is 6.68. The molecule has 106 valence electrons. The highest BCUT2D eigenvalue weighted by Gasteiger charge is 2.08. The van der Waals surface area contributed by atoms with Crippen LogP contribution < -0.4 is 5.32 Å². The number of hydrogen-bond donors (Lipinski definition) is 1. The smallest absolute Gasteiger partial charge is 0.238 e. The summed E-state index contributed by atoms with van der Waals surface area (Å²) in [5.74, 6) is 0.0207. The lowest BCUT2D eigenvalue weighted by atomic mass is 10.1. The number of likely N-dealkylation sites (N-methyl/N-ethyl adjacent to an activating group) is 1. The highest BCUT2D eigenvalue weighted by molar-refractivity contribution is 7.09. The fraction of sp³-hybridized carbons (Fsp3) is 0.312. The fourth-order valence-electron chi connectivity index (χ4n) is 1.99. The zero-order valence-electron chi connectivity index (χ0n) is 12.1. The van der Waals surface area contributed by atoms with Crippen molar-refractivity contribution in [2.45, 2.75) is 20.4 Å². The van der Waals surface area contributed by atoms with Gasteiger partial charge in [0, 0.05) is 17.1 Å². The second-order valence-corrected chi connectivity index (χ2v) is 6.13. The molecule has 20 heavy (non-hydrogen) atoms. The predicted octanol–water partition coefficient (Wildman–Crippen LogP) is 3.44. The van der Waals surface area contributed by atoms with Crippen LogP contribution in [-0.2, 0) is 11.3 Å². The number of aryl methyl sites for hydroxylation is 2. The average molecular weight is 288 g/mol. The zero-order valence-corrected chi connectivity index (χ0v) is 13.0. The molecule has 4 heteroatoms. The number of benzene rings is 1. The van der Waals surface area contributed by atoms with Gasteiger partial charge in [-0.05, 0) is 55.6 Å². The van der Waals surface area contributed by atoms with E-state index < -0.39 is 0 Å². The summed E-state index contributed by atoms with van der Waals surface area (Å²) in [5.41, 5.74) is 3.29. The van der Waals surface area contributed by atoms with Crippen LogP contribution >= 0.6 is 11.3 Å². The van der Waals surface area contributed by atoms with Crippen LogP contribution in [0.4, 0.5) is 5.69 Å². The molecule has 0 bridgehead atoms. The van der Waals surface area contributed by atoms with Crippen molar-refractivity contribution >= 4 is 22.9 Å². The zero-order chi connectivity index (χ0) is 14.5. The number of nitrogens with zero attached hydrogens (tertiary/aromatic N) is 1. The largest absolute Gasteiger partial charge is 0.325 e. The Morgan fingerprint density at radius 3 is 2.70 bits per heavy atom. The van der Waals surface area contributed by atoms with Crippen molar-refractivity contribution in [3.63, 3.8) is 0 Å². The van der Waals surface area contributed by atoms with E-state index in [0.29, 0.717) is 6.54 Å². The van der Waals surface area contributed by atoms with Crippen LogP contribution in [-0.4, -0.2) is 24.4 Å². The maximum Gasteiger partial charge on any atom is 0.238 e. The standard InChI is InChI=1S/C16H20N2OS/c1-12-6-7-14(9-13(12)2)17-16(19)11-18(3)10-15-5-4-8-20-15/h4-9H,10-11H2,1-3H3,(H,17,19). The third-order valence-corrected chi connectivity index (χ3v) is 4.07. The van der Waals surface area contributed by atoms with Gasteiger partial charge in [0.15, 0.2) is 0 Å². The molecule has 0 fully saturated rings. The highest BCUT2D eigenvalue weighted by Crippen LogP contribution is 2.14. The molecule has 1 aromatic carbocycles. The SMILES string of the molecule is Cc1ccc(NC(=O)CN(C)Cc2cccs2)cc1C. The fourth-order valence-corrected chi connectivity index (χ4v) is 2.77. The van der Waals surface area contributed by atoms with Gasteiger partial charge in [-0.3, -0.25) is 9.69 Å². The lowest BCUT2D eigenvalue weighted by Gasteiger charge is -2.15. The molecule has 1 aromatic heterocycles. The van der Waals surface area contributed by atoms with E-state index in [0.717, 1.165) is 12.2 Å². The predicted molar refractivity (Wildman–Crippen MR) is 85.2 cm³/mol. The van der Waals surface area contributed by atoms with E-state index in [1.54, 1.807) is 11.3 Å². The summed E-state index contributed by atoms with van der Waals surface area (Å²) in [5, 5.41) is 5.00. The topological polar surface area (TPSA) is 32.3 Å². The maximum atomic E-state index is 12.0. The van der Waals surface area contributed by atoms with Gasteiger partial charge in [-0.15, -0.1) is 11.3 Å². The van der Waals surface area contributed by atoms with E-state index in [4.69, 9.17) is 0 Å². The molecule has 0 saturated carbocycles. The minimum Gasteiger partial charge on any atom is -0.325 e. The number of hydrogen-bond acceptors (Lipinski definition) is 3. The molecule has 2 aromatic rings. The molecule has 0 aliphatic rings. The van der Waals surface area contributed by atoms with Gasteiger partial charge in [-0.25, -0.2) is 0 Å². The van der Waals surface area contributed by atoms with Crippen LogP contribution in [0.1, 0.15) is 16.0 Å². The van der Waals surface area contributed by atoms with Crippen molar-refractivity contribution in [1.82, 2.24) is 4.90 Å². The molecular formula is C16H20N2OS. The Bertz CT molecular complexity index is 578. The lowest BCUT2D eigenvalue weighted by Crippen LogP contribution is -2.29. The molecule has 1 amide bonds. The number of carbonyl (C=O) groups excluding carboxylic acids is 1. The summed E-state index contributed by atoms with van der Waals surface area (Å²) >= 11 is 1.71. The van der Waals surface area contributed by atoms with Crippen molar-refractivity contribution < 1.29 is 4.79 Å². The van der Waals surface area contributed by atoms with Gasteiger partial charge >= 0.3 is 0 Å². The first-order valence-corrected chi connectivity index (χ1v) is 7.50. The van der Waals surface area contributed by atoms with E-state index in [1.165, 1.54) is 16.0 Å². The third kappa shape index (κ3) is 4.18. The maximum absolute atomic E-state index is 12.0. The number of thiophene rings is 1. The van der Waals surface area contributed by atoms with Gasteiger partial charge in [0.2, 0.25) is 5.91 Å². The molecule has 0 unspecified atom stereocenters. The Labute approximate surface area is 124 Å². The van der Waals surface area contributed by atoms with Crippen molar-refractivity contribution in [2.24, 2.45) is 0 Å². The molecular weight excluding hydrogens is 268 g/mol. The number of rotatable bonds is 5. The molecule has 0 aliphatic heterocycles.